The van der Waals surface area contributed by atoms with Crippen LogP contribution in [0.3, 0.4) is 0 Å². The Hall–Kier alpha value is -4.79. The van der Waals surface area contributed by atoms with Crippen molar-refractivity contribution in [2.75, 3.05) is 0 Å². The summed E-state index contributed by atoms with van der Waals surface area (Å²) in [6, 6.07) is 0. The average molecular weight is 1430 g/mol. The molecule has 0 saturated heterocycles. The highest BCUT2D eigenvalue weighted by Crippen LogP contribution is 2.69. The molecule has 12 saturated carbocycles. The minimum absolute atomic E-state index is 0.00286. The lowest BCUT2D eigenvalue weighted by Gasteiger charge is -2.55. The monoisotopic (exact) mass is 1430 g/mol. The number of hydrogen-bond acceptors (Lipinski definition) is 15. The van der Waals surface area contributed by atoms with Gasteiger partial charge in [-0.3, -0.25) is 33.6 Å². The summed E-state index contributed by atoms with van der Waals surface area (Å²) in [6.45, 7) is 29.6. The molecule has 15 nitrogen and oxygen atoms in total. The summed E-state index contributed by atoms with van der Waals surface area (Å²) < 4.78 is 40.2. The van der Waals surface area contributed by atoms with Gasteiger partial charge < -0.3 is 38.3 Å². The molecular weight excluding hydrogens is 1300 g/mol. The van der Waals surface area contributed by atoms with E-state index < -0.39 is 28.5 Å². The minimum Gasteiger partial charge on any atom is -0.461 e. The highest BCUT2D eigenvalue weighted by molar-refractivity contribution is 5.79. The Kier molecular flexibility index (Phi) is 22.9. The van der Waals surface area contributed by atoms with Crippen molar-refractivity contribution >= 4 is 41.8 Å². The second-order valence-electron chi connectivity index (χ2n) is 40.9. The van der Waals surface area contributed by atoms with E-state index in [2.05, 4.69) is 69.4 Å². The van der Waals surface area contributed by atoms with Crippen molar-refractivity contribution in [3.63, 3.8) is 0 Å². The Morgan fingerprint density at radius 3 is 1.10 bits per heavy atom. The maximum Gasteiger partial charge on any atom is 0.312 e. The largest absolute Gasteiger partial charge is 0.461 e. The maximum absolute atomic E-state index is 13.5. The van der Waals surface area contributed by atoms with Crippen LogP contribution in [0.15, 0.2) is 48.6 Å². The second kappa shape index (κ2) is 30.3. The molecule has 0 spiro atoms. The third-order valence-electron chi connectivity index (χ3n) is 28.4. The zero-order valence-corrected chi connectivity index (χ0v) is 65.7. The van der Waals surface area contributed by atoms with Gasteiger partial charge >= 0.3 is 41.8 Å². The Morgan fingerprint density at radius 2 is 0.777 bits per heavy atom. The maximum atomic E-state index is 13.5. The second-order valence-corrected chi connectivity index (χ2v) is 40.9. The molecule has 0 radical (unpaired) electrons. The molecule has 16 bridgehead atoms. The molecule has 12 fully saturated rings. The van der Waals surface area contributed by atoms with Crippen LogP contribution in [0.1, 0.15) is 277 Å². The van der Waals surface area contributed by atoms with Gasteiger partial charge in [0.2, 0.25) is 0 Å². The number of esters is 7. The number of aliphatic hydroxyl groups is 1. The lowest BCUT2D eigenvalue weighted by molar-refractivity contribution is -0.183. The number of carbonyl (C=O) groups is 7. The molecule has 22 unspecified atom stereocenters. The third kappa shape index (κ3) is 18.9. The van der Waals surface area contributed by atoms with Crippen LogP contribution >= 0.6 is 0 Å². The van der Waals surface area contributed by atoms with Gasteiger partial charge in [-0.05, 0) is 323 Å². The van der Waals surface area contributed by atoms with E-state index in [-0.39, 0.29) is 120 Å². The summed E-state index contributed by atoms with van der Waals surface area (Å²) in [5.41, 5.74) is -1.78. The van der Waals surface area contributed by atoms with E-state index in [0.717, 1.165) is 88.9 Å². The van der Waals surface area contributed by atoms with E-state index in [1.807, 2.05) is 83.1 Å². The first kappa shape index (κ1) is 77.8. The molecule has 103 heavy (non-hydrogen) atoms. The first-order valence-electron chi connectivity index (χ1n) is 41.1. The van der Waals surface area contributed by atoms with Crippen LogP contribution in [-0.2, 0) is 66.7 Å². The van der Waals surface area contributed by atoms with Crippen LogP contribution < -0.4 is 0 Å². The van der Waals surface area contributed by atoms with Gasteiger partial charge in [0.25, 0.3) is 0 Å². The van der Waals surface area contributed by atoms with Gasteiger partial charge in [-0.25, -0.2) is 0 Å². The van der Waals surface area contributed by atoms with Crippen molar-refractivity contribution in [3.05, 3.63) is 48.6 Å². The SMILES string of the molecule is CC(C)(C)OC(=O)CC(O)C1CC2C=CC1C2.CC(C)(C)OC(=O)CC(OC(=O)C12CC3CC(CC(C3)C1)C2)C1CC2C=CC1C2.CC(C)(C)OC(=O)CC(OC(=O)CC1CC2CCC1(C)C2(C)C)C1CC2C=CC1C2.CC(C)(C)OC(=O)CC(OC(=O)CC1CC2CCC1C2)C1CC2C=CC1C2. The standard InChI is InChI=1S/C26H40O4.C25H36O4.C23H34O4.C14H22O3/c1-24(2,3)30-23(28)15-21(20-12-16-7-8-17(20)11-16)29-22(27)14-19-13-18-9-10-26(19,6)25(18,4)5;1-24(2,3)29-22(26)11-21(20-10-15-4-5-19(20)9-15)28-23(27)25-12-16-6-17(13-25)8-18(7-16)14-25;1-23(2,3)27-22(25)13-20(19-11-15-5-7-17(19)9-15)26-21(24)12-18-10-14-4-6-16(18)8-14;1-14(2,3)17-13(16)8-12(15)11-7-9-4-5-10(11)6-9/h7-8,16-21H,9-15H2,1-6H3;4-5,15-21H,6-14H2,1-3H3;5,7,14-20H,4,6,8-13H2,1-3H3;4-5,9-12,15H,6-8H2,1-3H3. The Labute approximate surface area is 617 Å². The van der Waals surface area contributed by atoms with E-state index in [1.165, 1.54) is 57.8 Å². The molecule has 0 aromatic carbocycles. The van der Waals surface area contributed by atoms with Crippen molar-refractivity contribution in [2.45, 2.75) is 324 Å². The number of hydrogen-bond donors (Lipinski definition) is 1. The Morgan fingerprint density at radius 1 is 0.398 bits per heavy atom. The summed E-state index contributed by atoms with van der Waals surface area (Å²) in [7, 11) is 0. The molecular formula is C88H132O15. The highest BCUT2D eigenvalue weighted by atomic mass is 16.6. The molecule has 1 N–H and O–H groups in total. The number of aliphatic hydroxyl groups excluding tert-OH is 1. The first-order chi connectivity index (χ1) is 48.2. The molecule has 0 aromatic heterocycles. The topological polar surface area (TPSA) is 204 Å². The quantitative estimate of drug-likeness (QED) is 0.0684. The number of allylic oxidation sites excluding steroid dienone is 8. The van der Waals surface area contributed by atoms with Crippen molar-refractivity contribution in [1.82, 2.24) is 0 Å². The molecule has 574 valence electrons. The van der Waals surface area contributed by atoms with E-state index >= 15 is 0 Å². The van der Waals surface area contributed by atoms with Crippen molar-refractivity contribution < 1.29 is 71.8 Å². The summed E-state index contributed by atoms with van der Waals surface area (Å²) >= 11 is 0. The molecule has 15 heteroatoms. The first-order valence-corrected chi connectivity index (χ1v) is 41.1. The average Bonchev–Trinajstić information content (AvgIpc) is 1.58. The van der Waals surface area contributed by atoms with Gasteiger partial charge in [-0.2, -0.15) is 0 Å². The summed E-state index contributed by atoms with van der Waals surface area (Å²) in [5, 5.41) is 10.1. The Bertz CT molecular complexity index is 3180. The lowest BCUT2D eigenvalue weighted by atomic mass is 9.49. The molecule has 0 aromatic rings. The molecule has 0 heterocycles. The smallest absolute Gasteiger partial charge is 0.312 e. The predicted octanol–water partition coefficient (Wildman–Crippen LogP) is 17.7. The summed E-state index contributed by atoms with van der Waals surface area (Å²) in [5.74, 6) is 9.17. The van der Waals surface area contributed by atoms with Crippen LogP contribution in [0.2, 0.25) is 0 Å². The third-order valence-corrected chi connectivity index (χ3v) is 28.4. The van der Waals surface area contributed by atoms with Crippen LogP contribution in [0.25, 0.3) is 0 Å². The molecule has 0 aliphatic heterocycles. The van der Waals surface area contributed by atoms with E-state index in [0.29, 0.717) is 101 Å². The fourth-order valence-electron chi connectivity index (χ4n) is 24.0. The molecule has 16 aliphatic rings. The lowest BCUT2D eigenvalue weighted by Crippen LogP contribution is -2.51. The van der Waals surface area contributed by atoms with Gasteiger partial charge in [0.1, 0.15) is 40.7 Å². The van der Waals surface area contributed by atoms with E-state index in [4.69, 9.17) is 33.2 Å². The Balaban J connectivity index is 0.000000132. The summed E-state index contributed by atoms with van der Waals surface area (Å²) in [4.78, 5) is 88.6. The number of fused-ring (bicyclic) bond motifs is 12. The minimum atomic E-state index is -0.551. The number of ether oxygens (including phenoxy) is 7. The van der Waals surface area contributed by atoms with Crippen molar-refractivity contribution in [3.8, 4) is 0 Å². The van der Waals surface area contributed by atoms with Crippen molar-refractivity contribution in [2.24, 2.45) is 135 Å². The molecule has 16 rings (SSSR count). The van der Waals surface area contributed by atoms with Gasteiger partial charge in [-0.1, -0.05) is 75.8 Å². The van der Waals surface area contributed by atoms with Gasteiger partial charge in [0.15, 0.2) is 0 Å². The number of carbonyl (C=O) groups excluding carboxylic acids is 7. The zero-order chi connectivity index (χ0) is 74.1. The fourth-order valence-corrected chi connectivity index (χ4v) is 24.0. The van der Waals surface area contributed by atoms with Gasteiger partial charge in [0.05, 0.1) is 37.2 Å². The molecule has 22 atom stereocenters. The number of rotatable bonds is 20. The van der Waals surface area contributed by atoms with Crippen LogP contribution in [0.4, 0.5) is 0 Å². The highest BCUT2D eigenvalue weighted by Gasteiger charge is 2.62. The molecule has 0 amide bonds. The predicted molar refractivity (Wildman–Crippen MR) is 394 cm³/mol. The zero-order valence-electron chi connectivity index (χ0n) is 65.7. The van der Waals surface area contributed by atoms with E-state index in [1.54, 1.807) is 0 Å². The van der Waals surface area contributed by atoms with Gasteiger partial charge in [0, 0.05) is 30.6 Å². The normalized spacial score (nSPS) is 38.8. The van der Waals surface area contributed by atoms with Crippen LogP contribution in [-0.4, -0.2) is 93.7 Å². The van der Waals surface area contributed by atoms with Crippen LogP contribution in [0, 0.1) is 135 Å². The van der Waals surface area contributed by atoms with E-state index in [9.17, 15) is 38.7 Å². The van der Waals surface area contributed by atoms with Crippen molar-refractivity contribution in [1.29, 1.82) is 0 Å². The van der Waals surface area contributed by atoms with Crippen LogP contribution in [0.5, 0.6) is 0 Å². The molecule has 16 aliphatic carbocycles. The van der Waals surface area contributed by atoms with Gasteiger partial charge in [-0.15, -0.1) is 0 Å². The summed E-state index contributed by atoms with van der Waals surface area (Å²) in [6.07, 6.45) is 42.5. The fraction of sp³-hybridized carbons (Fsp3) is 0.830.